The molecule has 2 N–H and O–H groups in total. The van der Waals surface area contributed by atoms with Gasteiger partial charge >= 0.3 is 5.97 Å². The van der Waals surface area contributed by atoms with Crippen LogP contribution in [0.25, 0.3) is 0 Å². The van der Waals surface area contributed by atoms with Gasteiger partial charge in [-0.05, 0) is 27.1 Å². The normalized spacial score (nSPS) is 10.6. The third kappa shape index (κ3) is 4.96. The third-order valence-corrected chi connectivity index (χ3v) is 2.29. The van der Waals surface area contributed by atoms with Crippen LogP contribution in [0.3, 0.4) is 0 Å². The predicted molar refractivity (Wildman–Crippen MR) is 65.4 cm³/mol. The quantitative estimate of drug-likeness (QED) is 0.649. The van der Waals surface area contributed by atoms with Crippen LogP contribution >= 0.6 is 0 Å². The molecule has 0 saturated carbocycles. The molecule has 0 aliphatic rings. The maximum Gasteiger partial charge on any atom is 0.338 e. The van der Waals surface area contributed by atoms with Gasteiger partial charge in [0.25, 0.3) is 0 Å². The molecule has 1 heterocycles. The highest BCUT2D eigenvalue weighted by molar-refractivity contribution is 5.87. The molecule has 0 saturated heterocycles. The zero-order valence-corrected chi connectivity index (χ0v) is 10.6. The van der Waals surface area contributed by atoms with E-state index in [-0.39, 0.29) is 18.0 Å². The van der Waals surface area contributed by atoms with E-state index in [1.807, 2.05) is 19.0 Å². The summed E-state index contributed by atoms with van der Waals surface area (Å²) in [5.41, 5.74) is 0.0791. The number of nitrogens with zero attached hydrogens (tertiary/aromatic N) is 3. The molecule has 100 valence electrons. The molecule has 0 aliphatic heterocycles. The number of nitrogens with one attached hydrogen (secondary N) is 1. The molecule has 0 bridgehead atoms. The summed E-state index contributed by atoms with van der Waals surface area (Å²) in [5, 5.41) is 15.3. The summed E-state index contributed by atoms with van der Waals surface area (Å²) in [4.78, 5) is 24.2. The van der Waals surface area contributed by atoms with Crippen molar-refractivity contribution in [3.63, 3.8) is 0 Å². The largest absolute Gasteiger partial charge is 0.478 e. The van der Waals surface area contributed by atoms with Crippen LogP contribution < -0.4 is 5.32 Å². The maximum atomic E-state index is 11.5. The van der Waals surface area contributed by atoms with Crippen LogP contribution in [0.4, 0.5) is 0 Å². The molecule has 0 spiro atoms. The Kier molecular flexibility index (Phi) is 5.31. The van der Waals surface area contributed by atoms with Crippen molar-refractivity contribution in [1.82, 2.24) is 20.0 Å². The lowest BCUT2D eigenvalue weighted by atomic mass is 10.4. The van der Waals surface area contributed by atoms with Crippen LogP contribution in [-0.4, -0.2) is 58.8 Å². The fourth-order valence-electron chi connectivity index (χ4n) is 1.39. The highest BCUT2D eigenvalue weighted by atomic mass is 16.4. The number of amides is 1. The minimum atomic E-state index is -1.05. The number of carboxylic acid groups (broad SMARTS) is 1. The summed E-state index contributed by atoms with van der Waals surface area (Å²) in [7, 11) is 3.94. The van der Waals surface area contributed by atoms with Gasteiger partial charge < -0.3 is 15.3 Å². The second-order valence-corrected chi connectivity index (χ2v) is 4.24. The first-order valence-corrected chi connectivity index (χ1v) is 5.66. The Morgan fingerprint density at radius 1 is 1.50 bits per heavy atom. The van der Waals surface area contributed by atoms with E-state index in [9.17, 15) is 9.59 Å². The molecule has 1 amide bonds. The minimum absolute atomic E-state index is 0.0369. The number of rotatable bonds is 7. The van der Waals surface area contributed by atoms with Crippen molar-refractivity contribution < 1.29 is 14.7 Å². The lowest BCUT2D eigenvalue weighted by Gasteiger charge is -2.09. The van der Waals surface area contributed by atoms with Gasteiger partial charge in [0.1, 0.15) is 6.54 Å². The van der Waals surface area contributed by atoms with E-state index in [0.29, 0.717) is 6.54 Å². The molecule has 7 heteroatoms. The van der Waals surface area contributed by atoms with E-state index < -0.39 is 5.97 Å². The molecule has 1 aromatic rings. The number of carbonyl (C=O) groups excluding carboxylic acids is 1. The van der Waals surface area contributed by atoms with Gasteiger partial charge in [-0.3, -0.25) is 9.48 Å². The summed E-state index contributed by atoms with van der Waals surface area (Å²) in [6, 6.07) is 0. The lowest BCUT2D eigenvalue weighted by molar-refractivity contribution is -0.121. The van der Waals surface area contributed by atoms with Crippen LogP contribution in [0.1, 0.15) is 16.8 Å². The van der Waals surface area contributed by atoms with Gasteiger partial charge in [0.2, 0.25) is 5.91 Å². The van der Waals surface area contributed by atoms with Crippen LogP contribution in [-0.2, 0) is 11.3 Å². The van der Waals surface area contributed by atoms with Crippen LogP contribution in [0, 0.1) is 0 Å². The Morgan fingerprint density at radius 2 is 2.22 bits per heavy atom. The fraction of sp³-hybridized carbons (Fsp3) is 0.545. The third-order valence-electron chi connectivity index (χ3n) is 2.29. The van der Waals surface area contributed by atoms with Gasteiger partial charge in [0.15, 0.2) is 0 Å². The molecule has 18 heavy (non-hydrogen) atoms. The number of aromatic carboxylic acids is 1. The van der Waals surface area contributed by atoms with E-state index in [2.05, 4.69) is 10.4 Å². The average Bonchev–Trinajstić information content (AvgIpc) is 2.72. The molecule has 0 aliphatic carbocycles. The summed E-state index contributed by atoms with van der Waals surface area (Å²) >= 11 is 0. The molecule has 0 unspecified atom stereocenters. The lowest BCUT2D eigenvalue weighted by Crippen LogP contribution is -2.30. The Hall–Kier alpha value is -1.89. The molecular formula is C11H18N4O3. The molecule has 7 nitrogen and oxygen atoms in total. The van der Waals surface area contributed by atoms with Crippen molar-refractivity contribution in [3.8, 4) is 0 Å². The van der Waals surface area contributed by atoms with Gasteiger partial charge in [-0.15, -0.1) is 0 Å². The first-order valence-electron chi connectivity index (χ1n) is 5.66. The van der Waals surface area contributed by atoms with E-state index in [0.717, 1.165) is 13.0 Å². The second-order valence-electron chi connectivity index (χ2n) is 4.24. The molecule has 0 radical (unpaired) electrons. The zero-order chi connectivity index (χ0) is 13.5. The second kappa shape index (κ2) is 6.75. The number of carbonyl (C=O) groups is 2. The van der Waals surface area contributed by atoms with Crippen molar-refractivity contribution in [2.75, 3.05) is 27.2 Å². The van der Waals surface area contributed by atoms with E-state index in [4.69, 9.17) is 5.11 Å². The summed E-state index contributed by atoms with van der Waals surface area (Å²) in [6.45, 7) is 1.55. The first-order chi connectivity index (χ1) is 8.49. The van der Waals surface area contributed by atoms with Crippen molar-refractivity contribution in [2.45, 2.75) is 13.0 Å². The van der Waals surface area contributed by atoms with Crippen LogP contribution in [0.15, 0.2) is 12.4 Å². The van der Waals surface area contributed by atoms with Crippen LogP contribution in [0.5, 0.6) is 0 Å². The monoisotopic (exact) mass is 254 g/mol. The van der Waals surface area contributed by atoms with Gasteiger partial charge in [-0.25, -0.2) is 4.79 Å². The SMILES string of the molecule is CN(C)CCCNC(=O)Cn1cc(C(=O)O)cn1. The van der Waals surface area contributed by atoms with E-state index in [1.165, 1.54) is 17.1 Å². The Bertz CT molecular complexity index is 414. The molecule has 0 aromatic carbocycles. The molecular weight excluding hydrogens is 236 g/mol. The van der Waals surface area contributed by atoms with Crippen molar-refractivity contribution in [2.24, 2.45) is 0 Å². The van der Waals surface area contributed by atoms with Gasteiger partial charge in [-0.2, -0.15) is 5.10 Å². The van der Waals surface area contributed by atoms with E-state index >= 15 is 0 Å². The van der Waals surface area contributed by atoms with Gasteiger partial charge in [-0.1, -0.05) is 0 Å². The Labute approximate surface area is 105 Å². The Balaban J connectivity index is 2.29. The minimum Gasteiger partial charge on any atom is -0.478 e. The topological polar surface area (TPSA) is 87.5 Å². The molecule has 0 atom stereocenters. The average molecular weight is 254 g/mol. The standard InChI is InChI=1S/C11H18N4O3/c1-14(2)5-3-4-12-10(16)8-15-7-9(6-13-15)11(17)18/h6-7H,3-5,8H2,1-2H3,(H,12,16)(H,17,18). The Morgan fingerprint density at radius 3 is 2.78 bits per heavy atom. The summed E-state index contributed by atoms with van der Waals surface area (Å²) in [6.07, 6.45) is 3.43. The van der Waals surface area contributed by atoms with Crippen molar-refractivity contribution >= 4 is 11.9 Å². The summed E-state index contributed by atoms with van der Waals surface area (Å²) < 4.78 is 1.31. The summed E-state index contributed by atoms with van der Waals surface area (Å²) in [5.74, 6) is -1.22. The van der Waals surface area contributed by atoms with Gasteiger partial charge in [0.05, 0.1) is 11.8 Å². The number of carboxylic acids is 1. The number of aromatic nitrogens is 2. The molecule has 1 aromatic heterocycles. The zero-order valence-electron chi connectivity index (χ0n) is 10.6. The highest BCUT2D eigenvalue weighted by Crippen LogP contribution is 1.96. The highest BCUT2D eigenvalue weighted by Gasteiger charge is 2.08. The first kappa shape index (κ1) is 14.2. The molecule has 1 rings (SSSR count). The van der Waals surface area contributed by atoms with Crippen LogP contribution in [0.2, 0.25) is 0 Å². The number of hydrogen-bond donors (Lipinski definition) is 2. The predicted octanol–water partition coefficient (Wildman–Crippen LogP) is -0.351. The fourth-order valence-corrected chi connectivity index (χ4v) is 1.39. The van der Waals surface area contributed by atoms with Crippen molar-refractivity contribution in [3.05, 3.63) is 18.0 Å². The van der Waals surface area contributed by atoms with Crippen molar-refractivity contribution in [1.29, 1.82) is 0 Å². The number of hydrogen-bond acceptors (Lipinski definition) is 4. The van der Waals surface area contributed by atoms with E-state index in [1.54, 1.807) is 0 Å². The van der Waals surface area contributed by atoms with Gasteiger partial charge in [0, 0.05) is 12.7 Å². The maximum absolute atomic E-state index is 11.5. The molecule has 0 fully saturated rings. The smallest absolute Gasteiger partial charge is 0.338 e.